The molecule has 2 heterocycles. The van der Waals surface area contributed by atoms with E-state index >= 15 is 4.39 Å². The summed E-state index contributed by atoms with van der Waals surface area (Å²) in [7, 11) is -3.67. The Labute approximate surface area is 222 Å². The second kappa shape index (κ2) is 13.5. The highest BCUT2D eigenvalue weighted by Crippen LogP contribution is 2.52. The minimum atomic E-state index is -4.87. The first-order chi connectivity index (χ1) is 18.1. The molecule has 1 aliphatic heterocycles. The quantitative estimate of drug-likeness (QED) is 0.212. The van der Waals surface area contributed by atoms with Crippen LogP contribution in [0.1, 0.15) is 40.8 Å². The van der Waals surface area contributed by atoms with Gasteiger partial charge >= 0.3 is 25.8 Å². The zero-order valence-corrected chi connectivity index (χ0v) is 23.0. The Balaban J connectivity index is 2.14. The predicted octanol–water partition coefficient (Wildman–Crippen LogP) is 1.93. The molecule has 1 saturated heterocycles. The van der Waals surface area contributed by atoms with Gasteiger partial charge in [0.15, 0.2) is 0 Å². The van der Waals surface area contributed by atoms with Gasteiger partial charge in [-0.2, -0.15) is 0 Å². The average Bonchev–Trinajstić information content (AvgIpc) is 3.05. The van der Waals surface area contributed by atoms with Gasteiger partial charge in [0.1, 0.15) is 18.9 Å². The van der Waals surface area contributed by atoms with Gasteiger partial charge in [-0.3, -0.25) is 18.5 Å². The van der Waals surface area contributed by atoms with Crippen molar-refractivity contribution in [1.82, 2.24) is 9.13 Å². The van der Waals surface area contributed by atoms with Crippen LogP contribution in [0.3, 0.4) is 0 Å². The molecule has 16 nitrogen and oxygen atoms in total. The standard InChI is InChI=1S/C21H32FN2O14P/c1-12(2)36-19(28)31-10-34-39(30,35-11-32-20(29)37-13(3)4)33-9-21(22)16(26)14(5)17(38-21)24-8-7-15(25)23(6)18(24)27/h7-8,12-14,16-17,26H,9-11H2,1-6H3. The summed E-state index contributed by atoms with van der Waals surface area (Å²) in [4.78, 5) is 47.2. The summed E-state index contributed by atoms with van der Waals surface area (Å²) in [5, 5.41) is 10.5. The molecule has 1 N–H and O–H groups in total. The number of halogens is 1. The van der Waals surface area contributed by atoms with E-state index in [0.717, 1.165) is 21.4 Å². The fourth-order valence-corrected chi connectivity index (χ4v) is 4.07. The Morgan fingerprint density at radius 3 is 2.08 bits per heavy atom. The molecule has 0 radical (unpaired) electrons. The molecule has 0 saturated carbocycles. The number of alkyl halides is 1. The molecule has 1 aromatic rings. The normalized spacial score (nSPS) is 23.2. The van der Waals surface area contributed by atoms with Gasteiger partial charge in [0.05, 0.1) is 12.2 Å². The lowest BCUT2D eigenvalue weighted by atomic mass is 10.0. The Hall–Kier alpha value is -2.82. The zero-order valence-electron chi connectivity index (χ0n) is 22.1. The van der Waals surface area contributed by atoms with Gasteiger partial charge < -0.3 is 28.8 Å². The first-order valence-electron chi connectivity index (χ1n) is 11.6. The monoisotopic (exact) mass is 586 g/mol. The van der Waals surface area contributed by atoms with Gasteiger partial charge in [0.2, 0.25) is 13.6 Å². The third-order valence-electron chi connectivity index (χ3n) is 5.05. The summed E-state index contributed by atoms with van der Waals surface area (Å²) >= 11 is 0. The maximum Gasteiger partial charge on any atom is 0.510 e. The van der Waals surface area contributed by atoms with Crippen molar-refractivity contribution in [1.29, 1.82) is 0 Å². The minimum Gasteiger partial charge on any atom is -0.432 e. The van der Waals surface area contributed by atoms with Crippen LogP contribution in [-0.4, -0.2) is 70.9 Å². The second-order valence-electron chi connectivity index (χ2n) is 8.84. The molecular formula is C21H32FN2O14P. The van der Waals surface area contributed by atoms with Gasteiger partial charge in [-0.25, -0.2) is 32.4 Å². The molecule has 222 valence electrons. The van der Waals surface area contributed by atoms with E-state index in [4.69, 9.17) is 27.8 Å². The molecule has 39 heavy (non-hydrogen) atoms. The minimum absolute atomic E-state index is 0.543. The van der Waals surface area contributed by atoms with E-state index in [-0.39, 0.29) is 0 Å². The lowest BCUT2D eigenvalue weighted by Gasteiger charge is -2.25. The lowest BCUT2D eigenvalue weighted by Crippen LogP contribution is -2.41. The van der Waals surface area contributed by atoms with Crippen LogP contribution in [-0.2, 0) is 48.9 Å². The summed E-state index contributed by atoms with van der Waals surface area (Å²) < 4.78 is 68.9. The highest BCUT2D eigenvalue weighted by Gasteiger charge is 2.56. The SMILES string of the molecule is CC(C)OC(=O)OCOP(=O)(OCOC(=O)OC(C)C)OCC1(F)OC(n2ccc(=O)n(C)c2=O)C(C)C1O. The van der Waals surface area contributed by atoms with Gasteiger partial charge in [-0.15, -0.1) is 0 Å². The Morgan fingerprint density at radius 1 is 1.08 bits per heavy atom. The van der Waals surface area contributed by atoms with Crippen molar-refractivity contribution in [3.63, 3.8) is 0 Å². The van der Waals surface area contributed by atoms with Crippen molar-refractivity contribution < 1.29 is 60.9 Å². The highest BCUT2D eigenvalue weighted by atomic mass is 31.2. The van der Waals surface area contributed by atoms with Crippen molar-refractivity contribution in [2.24, 2.45) is 13.0 Å². The summed E-state index contributed by atoms with van der Waals surface area (Å²) in [6.07, 6.45) is -5.71. The third-order valence-corrected chi connectivity index (χ3v) is 6.34. The Bertz CT molecular complexity index is 1140. The number of ether oxygens (including phenoxy) is 5. The molecule has 4 atom stereocenters. The predicted molar refractivity (Wildman–Crippen MR) is 126 cm³/mol. The molecule has 1 aliphatic rings. The van der Waals surface area contributed by atoms with Crippen molar-refractivity contribution in [2.75, 3.05) is 20.2 Å². The van der Waals surface area contributed by atoms with E-state index in [0.29, 0.717) is 0 Å². The fourth-order valence-electron chi connectivity index (χ4n) is 3.15. The van der Waals surface area contributed by atoms with E-state index in [2.05, 4.69) is 9.47 Å². The van der Waals surface area contributed by atoms with Crippen LogP contribution in [0.2, 0.25) is 0 Å². The molecule has 4 unspecified atom stereocenters. The summed E-state index contributed by atoms with van der Waals surface area (Å²) in [6.45, 7) is 4.15. The molecule has 0 aliphatic carbocycles. The first-order valence-corrected chi connectivity index (χ1v) is 13.1. The molecule has 1 fully saturated rings. The Kier molecular flexibility index (Phi) is 11.2. The van der Waals surface area contributed by atoms with Crippen LogP contribution >= 0.6 is 7.82 Å². The number of aromatic nitrogens is 2. The largest absolute Gasteiger partial charge is 0.510 e. The number of phosphoric ester groups is 1. The summed E-state index contributed by atoms with van der Waals surface area (Å²) in [5.41, 5.74) is -1.46. The van der Waals surface area contributed by atoms with Gasteiger partial charge in [-0.05, 0) is 27.7 Å². The van der Waals surface area contributed by atoms with E-state index in [1.807, 2.05) is 0 Å². The molecule has 2 rings (SSSR count). The highest BCUT2D eigenvalue weighted by molar-refractivity contribution is 7.48. The maximum absolute atomic E-state index is 15.7. The summed E-state index contributed by atoms with van der Waals surface area (Å²) in [6, 6.07) is 1.04. The number of hydrogen-bond donors (Lipinski definition) is 1. The number of aliphatic hydroxyl groups is 1. The molecule has 0 aromatic carbocycles. The fraction of sp³-hybridized carbons (Fsp3) is 0.714. The molecule has 18 heteroatoms. The van der Waals surface area contributed by atoms with Crippen LogP contribution in [0.4, 0.5) is 14.0 Å². The lowest BCUT2D eigenvalue weighted by molar-refractivity contribution is -0.206. The van der Waals surface area contributed by atoms with E-state index in [9.17, 15) is 28.8 Å². The molecule has 0 bridgehead atoms. The van der Waals surface area contributed by atoms with E-state index in [1.165, 1.54) is 41.7 Å². The smallest absolute Gasteiger partial charge is 0.432 e. The van der Waals surface area contributed by atoms with Crippen LogP contribution in [0, 0.1) is 5.92 Å². The number of nitrogens with zero attached hydrogens (tertiary/aromatic N) is 2. The van der Waals surface area contributed by atoms with Crippen molar-refractivity contribution in [2.45, 2.75) is 65.0 Å². The van der Waals surface area contributed by atoms with Gasteiger partial charge in [0, 0.05) is 25.2 Å². The Morgan fingerprint density at radius 2 is 1.59 bits per heavy atom. The third kappa shape index (κ3) is 8.84. The molecule has 0 spiro atoms. The van der Waals surface area contributed by atoms with Crippen LogP contribution in [0.15, 0.2) is 21.9 Å². The van der Waals surface area contributed by atoms with Crippen LogP contribution in [0.5, 0.6) is 0 Å². The van der Waals surface area contributed by atoms with Gasteiger partial charge in [0.25, 0.3) is 11.4 Å². The van der Waals surface area contributed by atoms with Gasteiger partial charge in [-0.1, -0.05) is 6.92 Å². The zero-order chi connectivity index (χ0) is 29.5. The molecular weight excluding hydrogens is 554 g/mol. The topological polar surface area (TPSA) is 189 Å². The average molecular weight is 586 g/mol. The summed E-state index contributed by atoms with van der Waals surface area (Å²) in [5.74, 6) is -4.12. The van der Waals surface area contributed by atoms with Crippen LogP contribution < -0.4 is 11.2 Å². The second-order valence-corrected chi connectivity index (χ2v) is 10.5. The van der Waals surface area contributed by atoms with E-state index in [1.54, 1.807) is 0 Å². The number of phosphoric acid groups is 1. The van der Waals surface area contributed by atoms with Crippen molar-refractivity contribution in [3.05, 3.63) is 33.1 Å². The number of carbonyl (C=O) groups excluding carboxylic acids is 2. The van der Waals surface area contributed by atoms with E-state index < -0.39 is 87.9 Å². The molecule has 0 amide bonds. The number of aliphatic hydroxyl groups excluding tert-OH is 1. The first kappa shape index (κ1) is 32.4. The maximum atomic E-state index is 15.7. The number of hydrogen-bond acceptors (Lipinski definition) is 14. The van der Waals surface area contributed by atoms with Crippen molar-refractivity contribution in [3.8, 4) is 0 Å². The van der Waals surface area contributed by atoms with Crippen molar-refractivity contribution >= 4 is 20.1 Å². The number of carbonyl (C=O) groups is 2. The number of rotatable bonds is 12. The van der Waals surface area contributed by atoms with Crippen LogP contribution in [0.25, 0.3) is 0 Å². The molecule has 1 aromatic heterocycles.